The minimum atomic E-state index is -1.76. The minimum Gasteiger partial charge on any atom is -0.481 e. The molecule has 4 atom stereocenters. The molecule has 0 saturated carbocycles. The number of rotatable bonds is 15. The highest BCUT2D eigenvalue weighted by Crippen LogP contribution is 2.04. The fourth-order valence-corrected chi connectivity index (χ4v) is 2.91. The third-order valence-electron chi connectivity index (χ3n) is 4.42. The number of aliphatic carboxylic acids is 3. The van der Waals surface area contributed by atoms with Crippen LogP contribution in [0, 0.1) is 0 Å². The second-order valence-electron chi connectivity index (χ2n) is 7.12. The van der Waals surface area contributed by atoms with Crippen LogP contribution in [-0.2, 0) is 35.2 Å². The number of amides is 3. The number of hydrogen-bond acceptors (Lipinski definition) is 9. The van der Waals surface area contributed by atoms with Crippen LogP contribution in [0.15, 0.2) is 12.5 Å². The van der Waals surface area contributed by atoms with Crippen molar-refractivity contribution in [3.63, 3.8) is 0 Å². The number of nitrogens with one attached hydrogen (secondary N) is 4. The molecule has 1 heterocycles. The zero-order valence-electron chi connectivity index (χ0n) is 17.8. The van der Waals surface area contributed by atoms with Gasteiger partial charge in [-0.15, -0.1) is 0 Å². The van der Waals surface area contributed by atoms with Gasteiger partial charge in [0.15, 0.2) is 0 Å². The summed E-state index contributed by atoms with van der Waals surface area (Å²) < 4.78 is 0. The number of thiol groups is 1. The predicted octanol–water partition coefficient (Wildman–Crippen LogP) is -2.91. The molecule has 1 rings (SSSR count). The highest BCUT2D eigenvalue weighted by atomic mass is 32.1. The van der Waals surface area contributed by atoms with Gasteiger partial charge in [0.25, 0.3) is 0 Å². The lowest BCUT2D eigenvalue weighted by Gasteiger charge is -2.24. The number of carbonyl (C=O) groups excluding carboxylic acids is 3. The summed E-state index contributed by atoms with van der Waals surface area (Å²) in [6, 6.07) is -5.65. The van der Waals surface area contributed by atoms with Crippen LogP contribution in [-0.4, -0.2) is 90.8 Å². The number of imidazole rings is 1. The Bertz CT molecular complexity index is 894. The average Bonchev–Trinajstić information content (AvgIpc) is 3.26. The Morgan fingerprint density at radius 1 is 0.941 bits per heavy atom. The van der Waals surface area contributed by atoms with E-state index in [1.807, 2.05) is 5.32 Å². The molecule has 0 aliphatic rings. The van der Waals surface area contributed by atoms with E-state index < -0.39 is 72.6 Å². The molecule has 34 heavy (non-hydrogen) atoms. The number of nitrogens with zero attached hydrogens (tertiary/aromatic N) is 1. The largest absolute Gasteiger partial charge is 0.481 e. The van der Waals surface area contributed by atoms with Crippen LogP contribution in [0.2, 0.25) is 0 Å². The van der Waals surface area contributed by atoms with Crippen molar-refractivity contribution in [3.05, 3.63) is 18.2 Å². The first-order chi connectivity index (χ1) is 15.9. The lowest BCUT2D eigenvalue weighted by atomic mass is 10.1. The van der Waals surface area contributed by atoms with Gasteiger partial charge >= 0.3 is 17.9 Å². The van der Waals surface area contributed by atoms with E-state index in [1.54, 1.807) is 0 Å². The zero-order valence-corrected chi connectivity index (χ0v) is 18.7. The number of carbonyl (C=O) groups is 6. The van der Waals surface area contributed by atoms with Crippen LogP contribution in [0.5, 0.6) is 0 Å². The predicted molar refractivity (Wildman–Crippen MR) is 117 cm³/mol. The molecule has 188 valence electrons. The van der Waals surface area contributed by atoms with Crippen LogP contribution in [0.25, 0.3) is 0 Å². The number of aromatic amines is 1. The lowest BCUT2D eigenvalue weighted by Crippen LogP contribution is -2.58. The van der Waals surface area contributed by atoms with Gasteiger partial charge in [-0.05, 0) is 6.42 Å². The number of carboxylic acids is 3. The highest BCUT2D eigenvalue weighted by Gasteiger charge is 2.30. The number of carboxylic acid groups (broad SMARTS) is 3. The molecular formula is C18H26N6O9S. The summed E-state index contributed by atoms with van der Waals surface area (Å²) in [7, 11) is 0. The van der Waals surface area contributed by atoms with Gasteiger partial charge in [-0.1, -0.05) is 0 Å². The summed E-state index contributed by atoms with van der Waals surface area (Å²) in [5.41, 5.74) is 6.37. The van der Waals surface area contributed by atoms with Crippen molar-refractivity contribution in [1.82, 2.24) is 25.9 Å². The van der Waals surface area contributed by atoms with Crippen molar-refractivity contribution in [2.75, 3.05) is 5.75 Å². The van der Waals surface area contributed by atoms with E-state index in [2.05, 4.69) is 33.2 Å². The van der Waals surface area contributed by atoms with Crippen LogP contribution in [0.4, 0.5) is 0 Å². The molecular weight excluding hydrogens is 476 g/mol. The van der Waals surface area contributed by atoms with Gasteiger partial charge < -0.3 is 42.0 Å². The Hall–Kier alpha value is -3.66. The molecule has 1 aromatic rings. The maximum absolute atomic E-state index is 12.7. The molecule has 0 aliphatic heterocycles. The molecule has 0 fully saturated rings. The van der Waals surface area contributed by atoms with Crippen molar-refractivity contribution < 1.29 is 44.1 Å². The second kappa shape index (κ2) is 13.8. The summed E-state index contributed by atoms with van der Waals surface area (Å²) in [4.78, 5) is 76.9. The third-order valence-corrected chi connectivity index (χ3v) is 4.79. The van der Waals surface area contributed by atoms with Crippen LogP contribution < -0.4 is 21.7 Å². The molecule has 9 N–H and O–H groups in total. The molecule has 0 radical (unpaired) electrons. The molecule has 0 saturated heterocycles. The van der Waals surface area contributed by atoms with E-state index in [9.17, 15) is 28.8 Å². The highest BCUT2D eigenvalue weighted by molar-refractivity contribution is 7.80. The Kier molecular flexibility index (Phi) is 11.5. The van der Waals surface area contributed by atoms with E-state index >= 15 is 0 Å². The Balaban J connectivity index is 2.86. The first-order valence-electron chi connectivity index (χ1n) is 9.85. The van der Waals surface area contributed by atoms with Gasteiger partial charge in [-0.2, -0.15) is 12.6 Å². The van der Waals surface area contributed by atoms with Crippen molar-refractivity contribution in [1.29, 1.82) is 0 Å². The summed E-state index contributed by atoms with van der Waals surface area (Å²) in [6.07, 6.45) is 1.16. The summed E-state index contributed by atoms with van der Waals surface area (Å²) in [5, 5.41) is 33.3. The number of nitrogens with two attached hydrogens (primary N) is 1. The van der Waals surface area contributed by atoms with Crippen LogP contribution >= 0.6 is 12.6 Å². The van der Waals surface area contributed by atoms with E-state index in [1.165, 1.54) is 12.5 Å². The van der Waals surface area contributed by atoms with Crippen LogP contribution in [0.1, 0.15) is 25.0 Å². The third kappa shape index (κ3) is 9.86. The standard InChI is InChI=1S/C18H26N6O9S/c19-9(3-8-5-20-7-21-8)15(29)22-10(1-2-13(25)26)16(30)24-12(6-34)17(31)23-11(18(32)33)4-14(27)28/h5,7,9-12,34H,1-4,6,19H2,(H,20,21)(H,22,29)(H,23,31)(H,24,30)(H,25,26)(H,27,28)(H,32,33). The minimum absolute atomic E-state index is 0.0565. The lowest BCUT2D eigenvalue weighted by molar-refractivity contribution is -0.147. The molecule has 0 aliphatic carbocycles. The smallest absolute Gasteiger partial charge is 0.326 e. The Morgan fingerprint density at radius 2 is 1.53 bits per heavy atom. The molecule has 4 unspecified atom stereocenters. The summed E-state index contributed by atoms with van der Waals surface area (Å²) in [6.45, 7) is 0. The van der Waals surface area contributed by atoms with Crippen molar-refractivity contribution in [3.8, 4) is 0 Å². The monoisotopic (exact) mass is 502 g/mol. The molecule has 0 spiro atoms. The van der Waals surface area contributed by atoms with Crippen LogP contribution in [0.3, 0.4) is 0 Å². The normalized spacial score (nSPS) is 14.2. The molecule has 3 amide bonds. The first kappa shape index (κ1) is 28.4. The quantitative estimate of drug-likeness (QED) is 0.110. The molecule has 0 bridgehead atoms. The maximum Gasteiger partial charge on any atom is 0.326 e. The van der Waals surface area contributed by atoms with Crippen molar-refractivity contribution >= 4 is 48.3 Å². The topological polar surface area (TPSA) is 254 Å². The maximum atomic E-state index is 12.7. The fourth-order valence-electron chi connectivity index (χ4n) is 2.65. The zero-order chi connectivity index (χ0) is 25.8. The molecule has 0 aromatic carbocycles. The van der Waals surface area contributed by atoms with E-state index in [4.69, 9.17) is 21.1 Å². The fraction of sp³-hybridized carbons (Fsp3) is 0.500. The van der Waals surface area contributed by atoms with Gasteiger partial charge in [0.05, 0.1) is 18.8 Å². The number of H-pyrrole nitrogens is 1. The molecule has 16 heteroatoms. The Morgan fingerprint density at radius 3 is 2.03 bits per heavy atom. The van der Waals surface area contributed by atoms with Crippen molar-refractivity contribution in [2.24, 2.45) is 5.73 Å². The van der Waals surface area contributed by atoms with Gasteiger partial charge in [0, 0.05) is 30.5 Å². The first-order valence-corrected chi connectivity index (χ1v) is 10.5. The summed E-state index contributed by atoms with van der Waals surface area (Å²) >= 11 is 3.93. The van der Waals surface area contributed by atoms with Crippen molar-refractivity contribution in [2.45, 2.75) is 49.9 Å². The van der Waals surface area contributed by atoms with Gasteiger partial charge in [0.1, 0.15) is 18.1 Å². The molecule has 15 nitrogen and oxygen atoms in total. The molecule has 1 aromatic heterocycles. The summed E-state index contributed by atoms with van der Waals surface area (Å²) in [5.74, 6) is -7.36. The van der Waals surface area contributed by atoms with E-state index in [0.717, 1.165) is 0 Å². The number of hydrogen-bond donors (Lipinski definition) is 9. The van der Waals surface area contributed by atoms with E-state index in [0.29, 0.717) is 5.69 Å². The second-order valence-corrected chi connectivity index (χ2v) is 7.49. The number of aromatic nitrogens is 2. The Labute approximate surface area is 198 Å². The SMILES string of the molecule is NC(Cc1cnc[nH]1)C(=O)NC(CCC(=O)O)C(=O)NC(CS)C(=O)NC(CC(=O)O)C(=O)O. The van der Waals surface area contributed by atoms with Gasteiger partial charge in [0.2, 0.25) is 17.7 Å². The van der Waals surface area contributed by atoms with E-state index in [-0.39, 0.29) is 18.6 Å². The van der Waals surface area contributed by atoms with Gasteiger partial charge in [-0.25, -0.2) is 9.78 Å². The van der Waals surface area contributed by atoms with Gasteiger partial charge in [-0.3, -0.25) is 24.0 Å². The average molecular weight is 503 g/mol.